The van der Waals surface area contributed by atoms with Crippen LogP contribution in [0, 0.1) is 20.8 Å². The van der Waals surface area contributed by atoms with Gasteiger partial charge in [-0.2, -0.15) is 10.2 Å². The van der Waals surface area contributed by atoms with Crippen molar-refractivity contribution in [1.29, 1.82) is 0 Å². The fourth-order valence-electron chi connectivity index (χ4n) is 2.13. The molecule has 0 unspecified atom stereocenters. The van der Waals surface area contributed by atoms with Crippen LogP contribution in [0.15, 0.2) is 4.47 Å². The highest BCUT2D eigenvalue weighted by atomic mass is 79.9. The molecule has 2 aromatic heterocycles. The molecule has 0 saturated heterocycles. The van der Waals surface area contributed by atoms with E-state index < -0.39 is 0 Å². The summed E-state index contributed by atoms with van der Waals surface area (Å²) in [6.45, 7) is 7.08. The zero-order valence-electron chi connectivity index (χ0n) is 13.1. The minimum absolute atomic E-state index is 0.247. The Kier molecular flexibility index (Phi) is 5.28. The molecule has 8 heteroatoms. The number of carbonyl (C=O) groups is 1. The van der Waals surface area contributed by atoms with Gasteiger partial charge in [-0.15, -0.1) is 0 Å². The van der Waals surface area contributed by atoms with Gasteiger partial charge in [0.2, 0.25) is 0 Å². The Morgan fingerprint density at radius 2 is 1.95 bits per heavy atom. The third kappa shape index (κ3) is 3.35. The van der Waals surface area contributed by atoms with Crippen LogP contribution in [0.25, 0.3) is 0 Å². The van der Waals surface area contributed by atoms with Crippen LogP contribution in [0.5, 0.6) is 0 Å². The van der Waals surface area contributed by atoms with Crippen LogP contribution >= 0.6 is 27.5 Å². The molecule has 0 bridgehead atoms. The molecular formula is C14H19BrClN5O. The largest absolute Gasteiger partial charge is 0.351 e. The van der Waals surface area contributed by atoms with Gasteiger partial charge in [0.25, 0.3) is 5.91 Å². The summed E-state index contributed by atoms with van der Waals surface area (Å²) in [5.41, 5.74) is 3.11. The van der Waals surface area contributed by atoms with Gasteiger partial charge in [0, 0.05) is 25.8 Å². The average Bonchev–Trinajstić information content (AvgIpc) is 2.88. The molecule has 0 spiro atoms. The molecule has 6 nitrogen and oxygen atoms in total. The highest BCUT2D eigenvalue weighted by Gasteiger charge is 2.17. The van der Waals surface area contributed by atoms with Crippen molar-refractivity contribution in [3.8, 4) is 0 Å². The fraction of sp³-hybridized carbons (Fsp3) is 0.500. The quantitative estimate of drug-likeness (QED) is 0.801. The highest BCUT2D eigenvalue weighted by molar-refractivity contribution is 9.10. The van der Waals surface area contributed by atoms with Gasteiger partial charge in [0.05, 0.1) is 20.9 Å². The Bertz CT molecular complexity index is 707. The SMILES string of the molecule is Cc1nn(CCCNC(=O)c2nn(C)c(C)c2Cl)c(C)c1Br. The molecule has 0 radical (unpaired) electrons. The monoisotopic (exact) mass is 387 g/mol. The van der Waals surface area contributed by atoms with E-state index >= 15 is 0 Å². The molecule has 2 rings (SSSR count). The van der Waals surface area contributed by atoms with Gasteiger partial charge in [-0.3, -0.25) is 14.2 Å². The lowest BCUT2D eigenvalue weighted by atomic mass is 10.3. The molecular weight excluding hydrogens is 370 g/mol. The third-order valence-corrected chi connectivity index (χ3v) is 5.20. The maximum absolute atomic E-state index is 12.1. The smallest absolute Gasteiger partial charge is 0.273 e. The van der Waals surface area contributed by atoms with Crippen LogP contribution < -0.4 is 5.32 Å². The van der Waals surface area contributed by atoms with E-state index in [1.54, 1.807) is 11.7 Å². The molecule has 1 N–H and O–H groups in total. The second-order valence-corrected chi connectivity index (χ2v) is 6.36. The first-order chi connectivity index (χ1) is 10.3. The van der Waals surface area contributed by atoms with Crippen molar-refractivity contribution in [2.24, 2.45) is 7.05 Å². The van der Waals surface area contributed by atoms with Gasteiger partial charge >= 0.3 is 0 Å². The minimum Gasteiger partial charge on any atom is -0.351 e. The van der Waals surface area contributed by atoms with Crippen LogP contribution in [0.2, 0.25) is 5.02 Å². The number of hydrogen-bond acceptors (Lipinski definition) is 3. The van der Waals surface area contributed by atoms with Crippen LogP contribution in [0.1, 0.15) is 34.0 Å². The lowest BCUT2D eigenvalue weighted by Gasteiger charge is -2.06. The molecule has 0 aliphatic rings. The van der Waals surface area contributed by atoms with Crippen molar-refractivity contribution in [3.05, 3.63) is 32.3 Å². The predicted octanol–water partition coefficient (Wildman–Crippen LogP) is 2.78. The van der Waals surface area contributed by atoms with E-state index in [-0.39, 0.29) is 11.6 Å². The van der Waals surface area contributed by atoms with Gasteiger partial charge in [0.1, 0.15) is 0 Å². The van der Waals surface area contributed by atoms with Gasteiger partial charge in [-0.05, 0) is 43.1 Å². The van der Waals surface area contributed by atoms with E-state index in [1.807, 2.05) is 25.5 Å². The van der Waals surface area contributed by atoms with Crippen molar-refractivity contribution < 1.29 is 4.79 Å². The first kappa shape index (κ1) is 17.0. The fourth-order valence-corrected chi connectivity index (χ4v) is 2.66. The van der Waals surface area contributed by atoms with E-state index in [1.165, 1.54) is 0 Å². The summed E-state index contributed by atoms with van der Waals surface area (Å²) in [7, 11) is 1.76. The van der Waals surface area contributed by atoms with Gasteiger partial charge in [0.15, 0.2) is 5.69 Å². The predicted molar refractivity (Wildman–Crippen MR) is 89.3 cm³/mol. The molecule has 0 aliphatic carbocycles. The van der Waals surface area contributed by atoms with Crippen molar-refractivity contribution in [3.63, 3.8) is 0 Å². The van der Waals surface area contributed by atoms with Gasteiger partial charge in [-0.25, -0.2) is 0 Å². The Hall–Kier alpha value is -1.34. The first-order valence-corrected chi connectivity index (χ1v) is 8.16. The van der Waals surface area contributed by atoms with Gasteiger partial charge in [-0.1, -0.05) is 11.6 Å². The molecule has 0 saturated carbocycles. The summed E-state index contributed by atoms with van der Waals surface area (Å²) >= 11 is 9.60. The number of amides is 1. The molecule has 22 heavy (non-hydrogen) atoms. The summed E-state index contributed by atoms with van der Waals surface area (Å²) in [6.07, 6.45) is 0.781. The summed E-state index contributed by atoms with van der Waals surface area (Å²) < 4.78 is 4.57. The maximum Gasteiger partial charge on any atom is 0.273 e. The number of nitrogens with one attached hydrogen (secondary N) is 1. The van der Waals surface area contributed by atoms with Crippen molar-refractivity contribution in [2.45, 2.75) is 33.7 Å². The minimum atomic E-state index is -0.247. The van der Waals surface area contributed by atoms with Crippen molar-refractivity contribution in [2.75, 3.05) is 6.54 Å². The topological polar surface area (TPSA) is 64.7 Å². The normalized spacial score (nSPS) is 11.0. The third-order valence-electron chi connectivity index (χ3n) is 3.60. The number of aryl methyl sites for hydroxylation is 3. The summed E-state index contributed by atoms with van der Waals surface area (Å²) in [4.78, 5) is 12.1. The standard InChI is InChI=1S/C14H19BrClN5O/c1-8-11(15)9(2)21(18-8)7-5-6-17-14(22)13-12(16)10(3)20(4)19-13/h5-7H2,1-4H3,(H,17,22). The molecule has 120 valence electrons. The Morgan fingerprint density at radius 1 is 1.27 bits per heavy atom. The van der Waals surface area contributed by atoms with E-state index in [2.05, 4.69) is 31.4 Å². The molecule has 2 aromatic rings. The second kappa shape index (κ2) is 6.83. The lowest BCUT2D eigenvalue weighted by Crippen LogP contribution is -2.26. The number of rotatable bonds is 5. The van der Waals surface area contributed by atoms with E-state index in [0.29, 0.717) is 11.6 Å². The number of aromatic nitrogens is 4. The van der Waals surface area contributed by atoms with Crippen LogP contribution in [0.4, 0.5) is 0 Å². The number of nitrogens with zero attached hydrogens (tertiary/aromatic N) is 4. The molecule has 0 aliphatic heterocycles. The van der Waals surface area contributed by atoms with E-state index in [4.69, 9.17) is 11.6 Å². The molecule has 0 aromatic carbocycles. The number of hydrogen-bond donors (Lipinski definition) is 1. The van der Waals surface area contributed by atoms with E-state index in [0.717, 1.165) is 34.5 Å². The molecule has 0 atom stereocenters. The molecule has 1 amide bonds. The number of carbonyl (C=O) groups excluding carboxylic acids is 1. The summed E-state index contributed by atoms with van der Waals surface area (Å²) in [6, 6.07) is 0. The number of halogens is 2. The van der Waals surface area contributed by atoms with E-state index in [9.17, 15) is 4.79 Å². The van der Waals surface area contributed by atoms with Crippen molar-refractivity contribution in [1.82, 2.24) is 24.9 Å². The van der Waals surface area contributed by atoms with Crippen LogP contribution in [-0.2, 0) is 13.6 Å². The Labute approximate surface area is 143 Å². The lowest BCUT2D eigenvalue weighted by molar-refractivity contribution is 0.0947. The second-order valence-electron chi connectivity index (χ2n) is 5.19. The van der Waals surface area contributed by atoms with Gasteiger partial charge < -0.3 is 5.32 Å². The average molecular weight is 389 g/mol. The Balaban J connectivity index is 1.87. The highest BCUT2D eigenvalue weighted by Crippen LogP contribution is 2.20. The maximum atomic E-state index is 12.1. The van der Waals surface area contributed by atoms with Crippen molar-refractivity contribution >= 4 is 33.4 Å². The summed E-state index contributed by atoms with van der Waals surface area (Å²) in [5.74, 6) is -0.247. The Morgan fingerprint density at radius 3 is 2.45 bits per heavy atom. The summed E-state index contributed by atoms with van der Waals surface area (Å²) in [5, 5.41) is 11.8. The zero-order valence-corrected chi connectivity index (χ0v) is 15.4. The molecule has 0 fully saturated rings. The van der Waals surface area contributed by atoms with Crippen LogP contribution in [0.3, 0.4) is 0 Å². The zero-order chi connectivity index (χ0) is 16.4. The first-order valence-electron chi connectivity index (χ1n) is 6.99. The van der Waals surface area contributed by atoms with Crippen LogP contribution in [-0.4, -0.2) is 32.0 Å². The molecule has 2 heterocycles.